The molecule has 234 valence electrons. The molecule has 0 saturated carbocycles. The molecule has 0 unspecified atom stereocenters. The largest absolute Gasteiger partial charge is 0.488 e. The lowest BCUT2D eigenvalue weighted by Gasteiger charge is -2.12. The molecule has 0 aliphatic carbocycles. The van der Waals surface area contributed by atoms with Crippen LogP contribution in [0.4, 0.5) is 15.9 Å². The Morgan fingerprint density at radius 3 is 2.67 bits per heavy atom. The van der Waals surface area contributed by atoms with E-state index in [1.165, 1.54) is 42.1 Å². The van der Waals surface area contributed by atoms with Crippen molar-refractivity contribution in [3.63, 3.8) is 0 Å². The van der Waals surface area contributed by atoms with Crippen molar-refractivity contribution in [2.75, 3.05) is 24.2 Å². The Morgan fingerprint density at radius 2 is 1.85 bits per heavy atom. The summed E-state index contributed by atoms with van der Waals surface area (Å²) < 4.78 is 44.9. The van der Waals surface area contributed by atoms with E-state index in [-0.39, 0.29) is 23.2 Å². The summed E-state index contributed by atoms with van der Waals surface area (Å²) in [5, 5.41) is 10.3. The smallest absolute Gasteiger partial charge is 0.196 e. The fourth-order valence-corrected chi connectivity index (χ4v) is 6.94. The molecule has 14 heteroatoms. The molecule has 0 fully saturated rings. The van der Waals surface area contributed by atoms with Crippen molar-refractivity contribution in [2.45, 2.75) is 18.1 Å². The van der Waals surface area contributed by atoms with Gasteiger partial charge in [-0.2, -0.15) is 0 Å². The SMILES string of the molecule is O=S(=O)(CCNCCc1nc(-c2cc3c(Nc4ccc(OCc5cccc(F)c5)c(Br)c4)ncnc3cn2)cs1)c1ccccn1. The van der Waals surface area contributed by atoms with Gasteiger partial charge in [-0.3, -0.25) is 4.98 Å². The second-order valence-electron chi connectivity index (χ2n) is 10.1. The fourth-order valence-electron chi connectivity index (χ4n) is 4.52. The van der Waals surface area contributed by atoms with E-state index in [1.54, 1.807) is 24.4 Å². The van der Waals surface area contributed by atoms with E-state index < -0.39 is 9.84 Å². The molecule has 0 atom stereocenters. The molecule has 0 saturated heterocycles. The zero-order chi connectivity index (χ0) is 31.9. The highest BCUT2D eigenvalue weighted by atomic mass is 79.9. The van der Waals surface area contributed by atoms with Crippen LogP contribution in [0.3, 0.4) is 0 Å². The lowest BCUT2D eigenvalue weighted by atomic mass is 10.2. The van der Waals surface area contributed by atoms with Gasteiger partial charge in [-0.05, 0) is 70.0 Å². The zero-order valence-electron chi connectivity index (χ0n) is 24.2. The molecule has 0 radical (unpaired) electrons. The molecule has 10 nitrogen and oxygen atoms in total. The first-order valence-electron chi connectivity index (χ1n) is 14.2. The Hall–Kier alpha value is -4.37. The van der Waals surface area contributed by atoms with Gasteiger partial charge in [0.25, 0.3) is 0 Å². The third-order valence-electron chi connectivity index (χ3n) is 6.83. The zero-order valence-corrected chi connectivity index (χ0v) is 27.4. The van der Waals surface area contributed by atoms with E-state index >= 15 is 0 Å². The summed E-state index contributed by atoms with van der Waals surface area (Å²) in [4.78, 5) is 22.1. The van der Waals surface area contributed by atoms with Crippen LogP contribution in [-0.4, -0.2) is 52.2 Å². The van der Waals surface area contributed by atoms with Gasteiger partial charge >= 0.3 is 0 Å². The molecule has 0 spiro atoms. The highest BCUT2D eigenvalue weighted by molar-refractivity contribution is 9.10. The number of pyridine rings is 2. The highest BCUT2D eigenvalue weighted by Crippen LogP contribution is 2.32. The lowest BCUT2D eigenvalue weighted by molar-refractivity contribution is 0.303. The number of halogens is 2. The van der Waals surface area contributed by atoms with E-state index in [1.807, 2.05) is 35.7 Å². The van der Waals surface area contributed by atoms with Crippen LogP contribution in [0.1, 0.15) is 10.6 Å². The highest BCUT2D eigenvalue weighted by Gasteiger charge is 2.15. The van der Waals surface area contributed by atoms with Crippen LogP contribution in [-0.2, 0) is 22.9 Å². The van der Waals surface area contributed by atoms with Gasteiger partial charge < -0.3 is 15.4 Å². The third-order valence-corrected chi connectivity index (χ3v) is 9.98. The van der Waals surface area contributed by atoms with Crippen LogP contribution in [0, 0.1) is 5.82 Å². The minimum atomic E-state index is -3.43. The minimum Gasteiger partial charge on any atom is -0.488 e. The van der Waals surface area contributed by atoms with E-state index in [2.05, 4.69) is 46.5 Å². The van der Waals surface area contributed by atoms with Crippen molar-refractivity contribution >= 4 is 59.5 Å². The average molecular weight is 721 g/mol. The van der Waals surface area contributed by atoms with Crippen LogP contribution in [0.2, 0.25) is 0 Å². The maximum atomic E-state index is 13.5. The Kier molecular flexibility index (Phi) is 9.88. The van der Waals surface area contributed by atoms with Crippen molar-refractivity contribution in [2.24, 2.45) is 0 Å². The van der Waals surface area contributed by atoms with Crippen molar-refractivity contribution in [3.05, 3.63) is 112 Å². The number of fused-ring (bicyclic) bond motifs is 1. The van der Waals surface area contributed by atoms with Gasteiger partial charge in [0.15, 0.2) is 14.9 Å². The van der Waals surface area contributed by atoms with Gasteiger partial charge in [0, 0.05) is 42.2 Å². The van der Waals surface area contributed by atoms with E-state index in [0.717, 1.165) is 31.8 Å². The molecule has 2 aromatic carbocycles. The Balaban J connectivity index is 1.08. The summed E-state index contributed by atoms with van der Waals surface area (Å²) in [5.41, 5.74) is 3.61. The first-order valence-corrected chi connectivity index (χ1v) is 17.5. The van der Waals surface area contributed by atoms with Crippen LogP contribution >= 0.6 is 27.3 Å². The number of aromatic nitrogens is 5. The molecule has 46 heavy (non-hydrogen) atoms. The third kappa shape index (κ3) is 7.88. The van der Waals surface area contributed by atoms with Crippen LogP contribution < -0.4 is 15.4 Å². The topological polar surface area (TPSA) is 132 Å². The van der Waals surface area contributed by atoms with Gasteiger partial charge in [-0.15, -0.1) is 11.3 Å². The first-order chi connectivity index (χ1) is 22.3. The minimum absolute atomic E-state index is 0.0297. The molecule has 0 amide bonds. The van der Waals surface area contributed by atoms with Gasteiger partial charge in [0.1, 0.15) is 30.3 Å². The number of nitrogens with one attached hydrogen (secondary N) is 2. The first kappa shape index (κ1) is 31.6. The number of hydrogen-bond acceptors (Lipinski definition) is 11. The molecule has 2 N–H and O–H groups in total. The lowest BCUT2D eigenvalue weighted by Crippen LogP contribution is -2.25. The molecule has 0 bridgehead atoms. The average Bonchev–Trinajstić information content (AvgIpc) is 3.54. The standard InChI is InChI=1S/C32H27BrFN7O3S2/c33-25-15-23(7-8-29(25)44-18-21-4-3-5-22(34)14-21)40-32-24-16-26(37-17-27(24)38-20-39-32)28-19-45-30(41-28)9-11-35-12-13-46(42,43)31-6-1-2-10-36-31/h1-8,10,14-17,19-20,35H,9,11-13,18H2,(H,38,39,40). The Bertz CT molecular complexity index is 2080. The van der Waals surface area contributed by atoms with Crippen LogP contribution in [0.15, 0.2) is 100 Å². The van der Waals surface area contributed by atoms with E-state index in [9.17, 15) is 12.8 Å². The molecule has 0 aliphatic rings. The maximum Gasteiger partial charge on any atom is 0.196 e. The predicted molar refractivity (Wildman–Crippen MR) is 179 cm³/mol. The van der Waals surface area contributed by atoms with Gasteiger partial charge in [-0.25, -0.2) is 32.7 Å². The summed E-state index contributed by atoms with van der Waals surface area (Å²) in [7, 11) is -3.43. The molecule has 4 heterocycles. The number of nitrogens with zero attached hydrogens (tertiary/aromatic N) is 5. The Morgan fingerprint density at radius 1 is 0.935 bits per heavy atom. The normalized spacial score (nSPS) is 11.5. The number of hydrogen-bond donors (Lipinski definition) is 2. The van der Waals surface area contributed by atoms with Gasteiger partial charge in [0.05, 0.1) is 38.3 Å². The van der Waals surface area contributed by atoms with Crippen molar-refractivity contribution < 1.29 is 17.5 Å². The summed E-state index contributed by atoms with van der Waals surface area (Å²) in [6, 6.07) is 18.6. The molecule has 0 aliphatic heterocycles. The van der Waals surface area contributed by atoms with Crippen molar-refractivity contribution in [1.29, 1.82) is 0 Å². The van der Waals surface area contributed by atoms with E-state index in [4.69, 9.17) is 9.72 Å². The quantitative estimate of drug-likeness (QED) is 0.130. The molecule has 4 aromatic heterocycles. The Labute approximate surface area is 277 Å². The molecular formula is C32H27BrFN7O3S2. The summed E-state index contributed by atoms with van der Waals surface area (Å²) in [5.74, 6) is 0.896. The predicted octanol–water partition coefficient (Wildman–Crippen LogP) is 6.37. The summed E-state index contributed by atoms with van der Waals surface area (Å²) >= 11 is 5.09. The van der Waals surface area contributed by atoms with Crippen molar-refractivity contribution in [3.8, 4) is 17.1 Å². The van der Waals surface area contributed by atoms with Gasteiger partial charge in [-0.1, -0.05) is 18.2 Å². The molecule has 6 aromatic rings. The fraction of sp³-hybridized carbons (Fsp3) is 0.156. The van der Waals surface area contributed by atoms with Crippen LogP contribution in [0.25, 0.3) is 22.3 Å². The van der Waals surface area contributed by atoms with E-state index in [0.29, 0.717) is 42.3 Å². The number of thiazole rings is 1. The second-order valence-corrected chi connectivity index (χ2v) is 14.0. The van der Waals surface area contributed by atoms with Crippen LogP contribution in [0.5, 0.6) is 5.75 Å². The number of rotatable bonds is 13. The van der Waals surface area contributed by atoms with Crippen molar-refractivity contribution in [1.82, 2.24) is 30.2 Å². The molecular weight excluding hydrogens is 693 g/mol. The number of benzene rings is 2. The second kappa shape index (κ2) is 14.4. The number of ether oxygens (including phenoxy) is 1. The number of anilines is 2. The molecule has 6 rings (SSSR count). The number of sulfone groups is 1. The summed E-state index contributed by atoms with van der Waals surface area (Å²) in [6.45, 7) is 1.14. The maximum absolute atomic E-state index is 13.5. The summed E-state index contributed by atoms with van der Waals surface area (Å²) in [6.07, 6.45) is 5.30. The monoisotopic (exact) mass is 719 g/mol. The van der Waals surface area contributed by atoms with Gasteiger partial charge in [0.2, 0.25) is 0 Å².